The number of rotatable bonds is 3. The van der Waals surface area contributed by atoms with Gasteiger partial charge in [-0.05, 0) is 6.42 Å². The summed E-state index contributed by atoms with van der Waals surface area (Å²) in [6.07, 6.45) is 1.73. The van der Waals surface area contributed by atoms with E-state index in [0.717, 1.165) is 49.9 Å². The number of ether oxygens (including phenoxy) is 2. The Balaban J connectivity index is 1.38. The van der Waals surface area contributed by atoms with Gasteiger partial charge in [-0.25, -0.2) is 4.98 Å². The lowest BCUT2D eigenvalue weighted by Gasteiger charge is -2.30. The topological polar surface area (TPSA) is 68.0 Å². The number of oxazole rings is 1. The molecule has 1 atom stereocenters. The number of carbonyl (C=O) groups is 1. The number of fused-ring (bicyclic) bond motifs is 1. The van der Waals surface area contributed by atoms with Gasteiger partial charge in [-0.2, -0.15) is 0 Å². The maximum Gasteiger partial charge on any atom is 0.237 e. The number of aromatic nitrogens is 1. The van der Waals surface area contributed by atoms with Gasteiger partial charge in [0.15, 0.2) is 5.89 Å². The van der Waals surface area contributed by atoms with E-state index in [2.05, 4.69) is 9.88 Å². The minimum absolute atomic E-state index is 0.172. The molecule has 0 aliphatic carbocycles. The second kappa shape index (κ2) is 6.59. The second-order valence-electron chi connectivity index (χ2n) is 6.44. The average Bonchev–Trinajstić information content (AvgIpc) is 3.24. The molecule has 7 nitrogen and oxygen atoms in total. The molecule has 126 valence electrons. The molecule has 0 spiro atoms. The Hall–Kier alpha value is -1.44. The summed E-state index contributed by atoms with van der Waals surface area (Å²) in [5, 5.41) is 0. The Morgan fingerprint density at radius 3 is 2.83 bits per heavy atom. The van der Waals surface area contributed by atoms with Crippen molar-refractivity contribution in [3.05, 3.63) is 17.3 Å². The van der Waals surface area contributed by atoms with E-state index in [0.29, 0.717) is 39.5 Å². The predicted molar refractivity (Wildman–Crippen MR) is 81.1 cm³/mol. The van der Waals surface area contributed by atoms with Gasteiger partial charge in [-0.3, -0.25) is 9.69 Å². The van der Waals surface area contributed by atoms with E-state index in [4.69, 9.17) is 13.9 Å². The van der Waals surface area contributed by atoms with E-state index in [9.17, 15) is 4.79 Å². The first-order valence-electron chi connectivity index (χ1n) is 8.43. The summed E-state index contributed by atoms with van der Waals surface area (Å²) in [4.78, 5) is 21.2. The molecule has 4 rings (SSSR count). The van der Waals surface area contributed by atoms with Crippen molar-refractivity contribution in [2.75, 3.05) is 52.6 Å². The molecule has 3 aliphatic rings. The standard InChI is InChI=1S/C16H23N3O4/c20-15(10-18-4-7-21-8-5-18)19-3-1-14-13(9-19)17-16(23-14)12-2-6-22-11-12/h12H,1-11H2. The molecular formula is C16H23N3O4. The first-order valence-corrected chi connectivity index (χ1v) is 8.43. The van der Waals surface area contributed by atoms with Gasteiger partial charge >= 0.3 is 0 Å². The maximum absolute atomic E-state index is 12.5. The Morgan fingerprint density at radius 2 is 2.04 bits per heavy atom. The summed E-state index contributed by atoms with van der Waals surface area (Å²) >= 11 is 0. The van der Waals surface area contributed by atoms with Crippen LogP contribution in [0.3, 0.4) is 0 Å². The van der Waals surface area contributed by atoms with Gasteiger partial charge in [0.2, 0.25) is 5.91 Å². The van der Waals surface area contributed by atoms with Crippen LogP contribution >= 0.6 is 0 Å². The van der Waals surface area contributed by atoms with Gasteiger partial charge in [-0.15, -0.1) is 0 Å². The summed E-state index contributed by atoms with van der Waals surface area (Å²) < 4.78 is 16.6. The molecule has 0 bridgehead atoms. The van der Waals surface area contributed by atoms with Crippen molar-refractivity contribution >= 4 is 5.91 Å². The monoisotopic (exact) mass is 321 g/mol. The molecule has 2 saturated heterocycles. The number of carbonyl (C=O) groups excluding carboxylic acids is 1. The highest BCUT2D eigenvalue weighted by Crippen LogP contribution is 2.28. The van der Waals surface area contributed by atoms with E-state index >= 15 is 0 Å². The van der Waals surface area contributed by atoms with Crippen LogP contribution in [0.25, 0.3) is 0 Å². The zero-order valence-corrected chi connectivity index (χ0v) is 13.3. The van der Waals surface area contributed by atoms with Crippen molar-refractivity contribution in [2.45, 2.75) is 25.3 Å². The largest absolute Gasteiger partial charge is 0.445 e. The molecule has 2 fully saturated rings. The molecule has 0 radical (unpaired) electrons. The van der Waals surface area contributed by atoms with E-state index in [1.165, 1.54) is 0 Å². The van der Waals surface area contributed by atoms with E-state index < -0.39 is 0 Å². The minimum atomic E-state index is 0.172. The van der Waals surface area contributed by atoms with Gasteiger partial charge in [0.05, 0.1) is 38.8 Å². The van der Waals surface area contributed by atoms with Crippen molar-refractivity contribution in [3.63, 3.8) is 0 Å². The third-order valence-corrected chi connectivity index (χ3v) is 4.84. The van der Waals surface area contributed by atoms with Crippen LogP contribution < -0.4 is 0 Å². The van der Waals surface area contributed by atoms with Crippen molar-refractivity contribution in [3.8, 4) is 0 Å². The summed E-state index contributed by atoms with van der Waals surface area (Å²) in [5.41, 5.74) is 0.925. The molecule has 4 heterocycles. The Labute approximate surface area is 135 Å². The molecule has 3 aliphatic heterocycles. The van der Waals surface area contributed by atoms with Gasteiger partial charge in [0.1, 0.15) is 11.5 Å². The lowest BCUT2D eigenvalue weighted by molar-refractivity contribution is -0.134. The van der Waals surface area contributed by atoms with Crippen LogP contribution in [0, 0.1) is 0 Å². The SMILES string of the molecule is O=C(CN1CCOCC1)N1CCc2oc(C3CCOC3)nc2C1. The quantitative estimate of drug-likeness (QED) is 0.802. The van der Waals surface area contributed by atoms with Crippen LogP contribution in [-0.4, -0.2) is 73.3 Å². The fraction of sp³-hybridized carbons (Fsp3) is 0.750. The third-order valence-electron chi connectivity index (χ3n) is 4.84. The number of amides is 1. The molecule has 23 heavy (non-hydrogen) atoms. The highest BCUT2D eigenvalue weighted by atomic mass is 16.5. The lowest BCUT2D eigenvalue weighted by Crippen LogP contribution is -2.46. The van der Waals surface area contributed by atoms with Gasteiger partial charge in [0.25, 0.3) is 0 Å². The van der Waals surface area contributed by atoms with Crippen LogP contribution in [0.15, 0.2) is 4.42 Å². The summed E-state index contributed by atoms with van der Waals surface area (Å²) in [6.45, 7) is 6.32. The van der Waals surface area contributed by atoms with Gasteiger partial charge in [-0.1, -0.05) is 0 Å². The molecule has 1 unspecified atom stereocenters. The Morgan fingerprint density at radius 1 is 1.17 bits per heavy atom. The molecule has 7 heteroatoms. The third kappa shape index (κ3) is 3.27. The summed E-state index contributed by atoms with van der Waals surface area (Å²) in [7, 11) is 0. The highest BCUT2D eigenvalue weighted by Gasteiger charge is 2.30. The van der Waals surface area contributed by atoms with Crippen molar-refractivity contribution in [1.29, 1.82) is 0 Å². The minimum Gasteiger partial charge on any atom is -0.445 e. The fourth-order valence-electron chi connectivity index (χ4n) is 3.39. The summed E-state index contributed by atoms with van der Waals surface area (Å²) in [5.74, 6) is 2.18. The van der Waals surface area contributed by atoms with Crippen molar-refractivity contribution in [2.24, 2.45) is 0 Å². The second-order valence-corrected chi connectivity index (χ2v) is 6.44. The molecule has 1 aromatic heterocycles. The average molecular weight is 321 g/mol. The van der Waals surface area contributed by atoms with Crippen LogP contribution in [0.2, 0.25) is 0 Å². The number of morpholine rings is 1. The van der Waals surface area contributed by atoms with Crippen molar-refractivity contribution < 1.29 is 18.7 Å². The molecular weight excluding hydrogens is 298 g/mol. The van der Waals surface area contributed by atoms with Crippen LogP contribution in [0.4, 0.5) is 0 Å². The first-order chi connectivity index (χ1) is 11.3. The molecule has 1 amide bonds. The van der Waals surface area contributed by atoms with Crippen molar-refractivity contribution in [1.82, 2.24) is 14.8 Å². The Bertz CT molecular complexity index is 562. The first kappa shape index (κ1) is 15.1. The maximum atomic E-state index is 12.5. The summed E-state index contributed by atoms with van der Waals surface area (Å²) in [6, 6.07) is 0. The van der Waals surface area contributed by atoms with Crippen LogP contribution in [0.1, 0.15) is 29.7 Å². The highest BCUT2D eigenvalue weighted by molar-refractivity contribution is 5.78. The van der Waals surface area contributed by atoms with E-state index in [-0.39, 0.29) is 11.8 Å². The van der Waals surface area contributed by atoms with E-state index in [1.54, 1.807) is 0 Å². The smallest absolute Gasteiger partial charge is 0.237 e. The number of hydrogen-bond acceptors (Lipinski definition) is 6. The normalized spacial score (nSPS) is 25.6. The molecule has 1 aromatic rings. The molecule has 0 N–H and O–H groups in total. The van der Waals surface area contributed by atoms with Crippen LogP contribution in [-0.2, 0) is 27.2 Å². The Kier molecular flexibility index (Phi) is 4.33. The fourth-order valence-corrected chi connectivity index (χ4v) is 3.39. The number of nitrogens with zero attached hydrogens (tertiary/aromatic N) is 3. The zero-order chi connectivity index (χ0) is 15.6. The van der Waals surface area contributed by atoms with Gasteiger partial charge < -0.3 is 18.8 Å². The van der Waals surface area contributed by atoms with Gasteiger partial charge in [0, 0.05) is 32.7 Å². The molecule has 0 aromatic carbocycles. The molecule has 0 saturated carbocycles. The lowest BCUT2D eigenvalue weighted by atomic mass is 10.1. The predicted octanol–water partition coefficient (Wildman–Crippen LogP) is 0.395. The zero-order valence-electron chi connectivity index (χ0n) is 13.3. The number of hydrogen-bond donors (Lipinski definition) is 0. The van der Waals surface area contributed by atoms with Crippen LogP contribution in [0.5, 0.6) is 0 Å². The van der Waals surface area contributed by atoms with E-state index in [1.807, 2.05) is 4.90 Å².